The Morgan fingerprint density at radius 1 is 1.21 bits per heavy atom. The summed E-state index contributed by atoms with van der Waals surface area (Å²) < 4.78 is 10.9. The number of amides is 2. The Kier molecular flexibility index (Phi) is 6.40. The van der Waals surface area contributed by atoms with Gasteiger partial charge in [-0.3, -0.25) is 9.59 Å². The van der Waals surface area contributed by atoms with Crippen molar-refractivity contribution in [3.8, 4) is 11.7 Å². The summed E-state index contributed by atoms with van der Waals surface area (Å²) in [5.74, 6) is 0.595. The molecule has 2 atom stereocenters. The highest BCUT2D eigenvalue weighted by Gasteiger charge is 2.27. The highest BCUT2D eigenvalue weighted by molar-refractivity contribution is 5.95. The first-order chi connectivity index (χ1) is 14.0. The first-order valence-electron chi connectivity index (χ1n) is 9.39. The highest BCUT2D eigenvalue weighted by Crippen LogP contribution is 2.17. The van der Waals surface area contributed by atoms with Gasteiger partial charge in [0.1, 0.15) is 0 Å². The van der Waals surface area contributed by atoms with E-state index in [-0.39, 0.29) is 11.9 Å². The lowest BCUT2D eigenvalue weighted by Crippen LogP contribution is -3.15. The molecule has 3 rings (SSSR count). The molecule has 0 bridgehead atoms. The number of nitrogens with two attached hydrogens (primary N) is 1. The van der Waals surface area contributed by atoms with Crippen molar-refractivity contribution >= 4 is 17.5 Å². The fourth-order valence-corrected chi connectivity index (χ4v) is 2.95. The van der Waals surface area contributed by atoms with Crippen LogP contribution < -0.4 is 16.0 Å². The van der Waals surface area contributed by atoms with Crippen molar-refractivity contribution in [1.82, 2.24) is 10.2 Å². The number of primary amides is 1. The van der Waals surface area contributed by atoms with Crippen LogP contribution in [-0.2, 0) is 11.3 Å². The van der Waals surface area contributed by atoms with E-state index in [0.29, 0.717) is 35.3 Å². The van der Waals surface area contributed by atoms with Gasteiger partial charge >= 0.3 is 0 Å². The zero-order chi connectivity index (χ0) is 20.8. The molecule has 0 saturated heterocycles. The molecule has 0 aliphatic carbocycles. The molecule has 0 aliphatic rings. The summed E-state index contributed by atoms with van der Waals surface area (Å²) in [4.78, 5) is 24.9. The maximum absolute atomic E-state index is 12.7. The van der Waals surface area contributed by atoms with Crippen molar-refractivity contribution in [3.05, 3.63) is 54.1 Å². The van der Waals surface area contributed by atoms with Gasteiger partial charge in [-0.2, -0.15) is 0 Å². The van der Waals surface area contributed by atoms with Gasteiger partial charge in [-0.05, 0) is 49.7 Å². The Labute approximate surface area is 167 Å². The number of nitrogens with one attached hydrogen (secondary N) is 2. The number of nitrogens with zero attached hydrogens (tertiary/aromatic N) is 2. The largest absolute Gasteiger partial charge is 0.459 e. The van der Waals surface area contributed by atoms with E-state index in [1.54, 1.807) is 36.4 Å². The van der Waals surface area contributed by atoms with Crippen molar-refractivity contribution in [2.45, 2.75) is 32.9 Å². The topological polar surface area (TPSA) is 129 Å². The van der Waals surface area contributed by atoms with Crippen molar-refractivity contribution in [1.29, 1.82) is 0 Å². The molecule has 2 amide bonds. The number of rotatable bonds is 9. The Hall–Kier alpha value is -3.46. The van der Waals surface area contributed by atoms with E-state index in [2.05, 4.69) is 22.4 Å². The van der Waals surface area contributed by atoms with Gasteiger partial charge in [-0.1, -0.05) is 6.92 Å². The third kappa shape index (κ3) is 5.08. The molecule has 0 spiro atoms. The van der Waals surface area contributed by atoms with E-state index < -0.39 is 5.91 Å². The smallest absolute Gasteiger partial charge is 0.283 e. The molecular weight excluding hydrogens is 374 g/mol. The minimum Gasteiger partial charge on any atom is -0.459 e. The van der Waals surface area contributed by atoms with E-state index in [1.807, 2.05) is 6.92 Å². The monoisotopic (exact) mass is 398 g/mol. The van der Waals surface area contributed by atoms with Crippen molar-refractivity contribution < 1.29 is 23.3 Å². The zero-order valence-electron chi connectivity index (χ0n) is 16.3. The minimum atomic E-state index is -0.511. The summed E-state index contributed by atoms with van der Waals surface area (Å²) in [6, 6.07) is 9.59. The van der Waals surface area contributed by atoms with Crippen LogP contribution in [0.2, 0.25) is 0 Å². The molecule has 29 heavy (non-hydrogen) atoms. The average Bonchev–Trinajstić information content (AvgIpc) is 3.39. The third-order valence-electron chi connectivity index (χ3n) is 4.59. The molecule has 3 aromatic rings. The van der Waals surface area contributed by atoms with Crippen LogP contribution in [0.15, 0.2) is 51.5 Å². The molecule has 152 valence electrons. The number of hydrogen-bond donors (Lipinski definition) is 3. The van der Waals surface area contributed by atoms with Crippen LogP contribution in [0, 0.1) is 0 Å². The Balaban J connectivity index is 1.65. The van der Waals surface area contributed by atoms with E-state index in [0.717, 1.165) is 17.9 Å². The lowest BCUT2D eigenvalue weighted by Gasteiger charge is -2.23. The van der Waals surface area contributed by atoms with E-state index in [4.69, 9.17) is 14.6 Å². The molecule has 9 heteroatoms. The fraction of sp³-hybridized carbons (Fsp3) is 0.300. The quantitative estimate of drug-likeness (QED) is 0.498. The molecular formula is C20H24N5O4+. The predicted molar refractivity (Wildman–Crippen MR) is 105 cm³/mol. The molecule has 4 N–H and O–H groups in total. The van der Waals surface area contributed by atoms with Crippen LogP contribution >= 0.6 is 0 Å². The van der Waals surface area contributed by atoms with Crippen LogP contribution in [0.3, 0.4) is 0 Å². The lowest BCUT2D eigenvalue weighted by atomic mass is 10.2. The van der Waals surface area contributed by atoms with Crippen LogP contribution in [0.1, 0.15) is 36.5 Å². The minimum absolute atomic E-state index is 0.147. The van der Waals surface area contributed by atoms with Gasteiger partial charge in [0.25, 0.3) is 17.7 Å². The molecule has 0 fully saturated rings. The number of furan rings is 1. The van der Waals surface area contributed by atoms with Gasteiger partial charge in [0.15, 0.2) is 18.3 Å². The normalized spacial score (nSPS) is 13.0. The van der Waals surface area contributed by atoms with Gasteiger partial charge in [-0.15, -0.1) is 10.2 Å². The first kappa shape index (κ1) is 20.3. The summed E-state index contributed by atoms with van der Waals surface area (Å²) >= 11 is 0. The Morgan fingerprint density at radius 2 is 1.97 bits per heavy atom. The summed E-state index contributed by atoms with van der Waals surface area (Å²) in [7, 11) is 0. The Bertz CT molecular complexity index is 950. The maximum atomic E-state index is 12.7. The van der Waals surface area contributed by atoms with Crippen molar-refractivity contribution in [3.63, 3.8) is 0 Å². The molecule has 1 aromatic carbocycles. The highest BCUT2D eigenvalue weighted by atomic mass is 16.4. The van der Waals surface area contributed by atoms with Crippen LogP contribution in [0.5, 0.6) is 0 Å². The molecule has 0 radical (unpaired) electrons. The van der Waals surface area contributed by atoms with Gasteiger partial charge in [0.05, 0.1) is 12.8 Å². The van der Waals surface area contributed by atoms with Gasteiger partial charge in [0.2, 0.25) is 5.91 Å². The van der Waals surface area contributed by atoms with Gasteiger partial charge in [0, 0.05) is 11.3 Å². The van der Waals surface area contributed by atoms with Crippen molar-refractivity contribution in [2.24, 2.45) is 5.73 Å². The van der Waals surface area contributed by atoms with E-state index in [1.165, 1.54) is 6.26 Å². The van der Waals surface area contributed by atoms with Crippen LogP contribution in [0.4, 0.5) is 5.69 Å². The number of anilines is 1. The zero-order valence-corrected chi connectivity index (χ0v) is 16.3. The second-order valence-electron chi connectivity index (χ2n) is 6.72. The molecule has 2 aromatic heterocycles. The third-order valence-corrected chi connectivity index (χ3v) is 4.59. The number of benzene rings is 1. The number of carbonyl (C=O) groups is 2. The number of aromatic nitrogens is 2. The first-order valence-corrected chi connectivity index (χ1v) is 9.39. The summed E-state index contributed by atoms with van der Waals surface area (Å²) in [5, 5.41) is 10.9. The number of hydrogen-bond acceptors (Lipinski definition) is 6. The lowest BCUT2D eigenvalue weighted by molar-refractivity contribution is -0.928. The van der Waals surface area contributed by atoms with E-state index >= 15 is 0 Å². The van der Waals surface area contributed by atoms with Crippen molar-refractivity contribution in [2.75, 3.05) is 11.9 Å². The summed E-state index contributed by atoms with van der Waals surface area (Å²) in [6.07, 6.45) is 2.43. The second-order valence-corrected chi connectivity index (χ2v) is 6.72. The molecule has 1 unspecified atom stereocenters. The standard InChI is InChI=1S/C20H23N5O4/c1-3-10-25(12-17-23-24-20(29-17)16-5-4-11-28-16)13(2)19(27)22-15-8-6-14(7-9-15)18(21)26/h4-9,11,13H,3,10,12H2,1-2H3,(H2,21,26)(H,22,27)/p+1/t13-/m0/s1. The fourth-order valence-electron chi connectivity index (χ4n) is 2.95. The molecule has 0 aliphatic heterocycles. The van der Waals surface area contributed by atoms with Gasteiger partial charge < -0.3 is 24.8 Å². The molecule has 0 saturated carbocycles. The molecule has 9 nitrogen and oxygen atoms in total. The Morgan fingerprint density at radius 3 is 2.59 bits per heavy atom. The van der Waals surface area contributed by atoms with E-state index in [9.17, 15) is 9.59 Å². The summed E-state index contributed by atoms with van der Waals surface area (Å²) in [5.41, 5.74) is 6.22. The number of carbonyl (C=O) groups excluding carboxylic acids is 2. The molecule has 2 heterocycles. The van der Waals surface area contributed by atoms with Crippen LogP contribution in [-0.4, -0.2) is 34.6 Å². The second kappa shape index (κ2) is 9.16. The van der Waals surface area contributed by atoms with Crippen LogP contribution in [0.25, 0.3) is 11.7 Å². The summed E-state index contributed by atoms with van der Waals surface area (Å²) in [6.45, 7) is 5.07. The van der Waals surface area contributed by atoms with Gasteiger partial charge in [-0.25, -0.2) is 0 Å². The maximum Gasteiger partial charge on any atom is 0.283 e. The SMILES string of the molecule is CCC[NH+](Cc1nnc(-c2ccco2)o1)[C@@H](C)C(=O)Nc1ccc(C(N)=O)cc1. The number of quaternary nitrogens is 1. The predicted octanol–water partition coefficient (Wildman–Crippen LogP) is 1.25. The average molecular weight is 398 g/mol.